The van der Waals surface area contributed by atoms with Crippen LogP contribution in [0.1, 0.15) is 64.0 Å². The van der Waals surface area contributed by atoms with E-state index in [-0.39, 0.29) is 12.0 Å². The normalized spacial score (nSPS) is 31.3. The maximum Gasteiger partial charge on any atom is 0.421 e. The molecule has 3 fully saturated rings. The van der Waals surface area contributed by atoms with Gasteiger partial charge in [0.2, 0.25) is 0 Å². The summed E-state index contributed by atoms with van der Waals surface area (Å²) in [7, 11) is 0. The smallest absolute Gasteiger partial charge is 0.400 e. The highest BCUT2D eigenvalue weighted by Crippen LogP contribution is 2.51. The Bertz CT molecular complexity index is 709. The van der Waals surface area contributed by atoms with Gasteiger partial charge in [0.15, 0.2) is 0 Å². The van der Waals surface area contributed by atoms with E-state index in [1.54, 1.807) is 11.8 Å². The lowest BCUT2D eigenvalue weighted by Crippen LogP contribution is -2.55. The fraction of sp³-hybridized carbons (Fsp3) is 0.778. The lowest BCUT2D eigenvalue weighted by molar-refractivity contribution is -0.267. The van der Waals surface area contributed by atoms with E-state index in [1.807, 2.05) is 4.90 Å². The fourth-order valence-electron chi connectivity index (χ4n) is 4.58. The van der Waals surface area contributed by atoms with Crippen molar-refractivity contribution in [1.82, 2.24) is 13.6 Å². The molecule has 4 rings (SSSR count). The molecule has 1 aromatic rings. The lowest BCUT2D eigenvalue weighted by Gasteiger charge is -2.41. The number of fused-ring (bicyclic) bond motifs is 3. The summed E-state index contributed by atoms with van der Waals surface area (Å²) in [6.45, 7) is 5.00. The van der Waals surface area contributed by atoms with Crippen molar-refractivity contribution < 1.29 is 19.1 Å². The molecule has 7 nitrogen and oxygen atoms in total. The van der Waals surface area contributed by atoms with Crippen molar-refractivity contribution in [3.05, 3.63) is 5.69 Å². The molecule has 0 radical (unpaired) electrons. The Morgan fingerprint density at radius 2 is 2.00 bits per heavy atom. The first-order valence-corrected chi connectivity index (χ1v) is 11.5. The molecular formula is C18H25N3O4S2. The lowest BCUT2D eigenvalue weighted by atomic mass is 9.83. The van der Waals surface area contributed by atoms with E-state index in [2.05, 4.69) is 22.6 Å². The van der Waals surface area contributed by atoms with Gasteiger partial charge in [-0.1, -0.05) is 26.2 Å². The summed E-state index contributed by atoms with van der Waals surface area (Å²) in [4.78, 5) is 25.3. The molecule has 148 valence electrons. The largest absolute Gasteiger partial charge is 0.421 e. The second-order valence-electron chi connectivity index (χ2n) is 7.56. The van der Waals surface area contributed by atoms with Gasteiger partial charge in [-0.2, -0.15) is 8.75 Å². The first-order chi connectivity index (χ1) is 13.1. The number of carbonyl (C=O) groups is 2. The number of piperidine rings is 1. The van der Waals surface area contributed by atoms with Gasteiger partial charge in [-0.3, -0.25) is 0 Å². The molecule has 3 saturated heterocycles. The van der Waals surface area contributed by atoms with E-state index in [9.17, 15) is 9.59 Å². The highest BCUT2D eigenvalue weighted by atomic mass is 32.2. The van der Waals surface area contributed by atoms with E-state index in [0.29, 0.717) is 18.9 Å². The molecule has 0 N–H and O–H groups in total. The van der Waals surface area contributed by atoms with Gasteiger partial charge in [-0.25, -0.2) is 14.5 Å². The van der Waals surface area contributed by atoms with Gasteiger partial charge in [-0.05, 0) is 31.4 Å². The molecule has 9 heteroatoms. The van der Waals surface area contributed by atoms with E-state index < -0.39 is 17.8 Å². The number of rotatable bonds is 7. The van der Waals surface area contributed by atoms with Crippen molar-refractivity contribution in [2.24, 2.45) is 5.92 Å². The minimum absolute atomic E-state index is 0.159. The number of hydrogen-bond donors (Lipinski definition) is 0. The summed E-state index contributed by atoms with van der Waals surface area (Å²) in [6, 6.07) is 0.159. The SMILES string of the molecule is CCCCCCSc1nsnc1C1CN2C(C)C1CCC21OC(=O)C(=O)O1. The van der Waals surface area contributed by atoms with Gasteiger partial charge in [0.1, 0.15) is 5.03 Å². The highest BCUT2D eigenvalue weighted by Gasteiger charge is 2.62. The van der Waals surface area contributed by atoms with E-state index in [4.69, 9.17) is 9.47 Å². The monoisotopic (exact) mass is 411 g/mol. The standard InChI is InChI=1S/C18H25N3O4S2/c1-3-4-5-6-9-26-15-14(19-27-20-15)13-10-21-11(2)12(13)7-8-18(21)24-16(22)17(23)25-18/h11-13H,3-10H2,1-2H3. The summed E-state index contributed by atoms with van der Waals surface area (Å²) < 4.78 is 19.9. The van der Waals surface area contributed by atoms with Crippen LogP contribution in [0.15, 0.2) is 5.03 Å². The molecule has 27 heavy (non-hydrogen) atoms. The summed E-state index contributed by atoms with van der Waals surface area (Å²) in [5.74, 6) is -1.29. The topological polar surface area (TPSA) is 81.6 Å². The third kappa shape index (κ3) is 3.38. The van der Waals surface area contributed by atoms with Crippen LogP contribution in [0.25, 0.3) is 0 Å². The Balaban J connectivity index is 1.47. The number of hydrogen-bond acceptors (Lipinski definition) is 9. The van der Waals surface area contributed by atoms with Crippen LogP contribution >= 0.6 is 23.5 Å². The van der Waals surface area contributed by atoms with Crippen molar-refractivity contribution in [1.29, 1.82) is 0 Å². The molecule has 2 bridgehead atoms. The van der Waals surface area contributed by atoms with Crippen LogP contribution in [0.2, 0.25) is 0 Å². The number of ether oxygens (including phenoxy) is 2. The zero-order chi connectivity index (χ0) is 19.0. The molecule has 1 spiro atoms. The minimum Gasteiger partial charge on any atom is -0.400 e. The van der Waals surface area contributed by atoms with E-state index in [0.717, 1.165) is 22.9 Å². The molecule has 1 aromatic heterocycles. The summed E-state index contributed by atoms with van der Waals surface area (Å²) >= 11 is 3.07. The summed E-state index contributed by atoms with van der Waals surface area (Å²) in [6.07, 6.45) is 6.32. The Kier molecular flexibility index (Phi) is 5.44. The number of nitrogens with zero attached hydrogens (tertiary/aromatic N) is 3. The van der Waals surface area contributed by atoms with E-state index in [1.165, 1.54) is 37.4 Å². The number of thioether (sulfide) groups is 1. The van der Waals surface area contributed by atoms with Gasteiger partial charge in [0, 0.05) is 24.9 Å². The predicted octanol–water partition coefficient (Wildman–Crippen LogP) is 3.16. The molecule has 4 atom stereocenters. The molecule has 0 aliphatic carbocycles. The fourth-order valence-corrected chi connectivity index (χ4v) is 6.35. The molecule has 0 aromatic carbocycles. The quantitative estimate of drug-likeness (QED) is 0.293. The maximum atomic E-state index is 11.6. The molecule has 0 amide bonds. The number of esters is 2. The van der Waals surface area contributed by atoms with Gasteiger partial charge in [-0.15, -0.1) is 11.8 Å². The van der Waals surface area contributed by atoms with Crippen LogP contribution in [0.3, 0.4) is 0 Å². The molecule has 4 heterocycles. The molecular weight excluding hydrogens is 386 g/mol. The van der Waals surface area contributed by atoms with Crippen molar-refractivity contribution in [2.75, 3.05) is 12.3 Å². The third-order valence-corrected chi connectivity index (χ3v) is 7.72. The van der Waals surface area contributed by atoms with Gasteiger partial charge in [0.05, 0.1) is 17.4 Å². The Labute approximate surface area is 167 Å². The number of unbranched alkanes of at least 4 members (excludes halogenated alkanes) is 3. The predicted molar refractivity (Wildman–Crippen MR) is 101 cm³/mol. The molecule has 4 unspecified atom stereocenters. The zero-order valence-corrected chi connectivity index (χ0v) is 17.3. The first kappa shape index (κ1) is 19.1. The third-order valence-electron chi connectivity index (χ3n) is 5.99. The first-order valence-electron chi connectivity index (χ1n) is 9.74. The van der Waals surface area contributed by atoms with Gasteiger partial charge in [0.25, 0.3) is 0 Å². The van der Waals surface area contributed by atoms with Crippen LogP contribution in [0.5, 0.6) is 0 Å². The Hall–Kier alpha value is -1.19. The van der Waals surface area contributed by atoms with Crippen molar-refractivity contribution in [3.8, 4) is 0 Å². The Morgan fingerprint density at radius 3 is 2.74 bits per heavy atom. The maximum absolute atomic E-state index is 11.6. The second-order valence-corrected chi connectivity index (χ2v) is 9.17. The molecule has 3 aliphatic heterocycles. The molecule has 3 aliphatic rings. The summed E-state index contributed by atoms with van der Waals surface area (Å²) in [5.41, 5.74) is 1.06. The second kappa shape index (κ2) is 7.67. The van der Waals surface area contributed by atoms with E-state index >= 15 is 0 Å². The molecule has 0 saturated carbocycles. The minimum atomic E-state index is -1.21. The highest BCUT2D eigenvalue weighted by molar-refractivity contribution is 7.99. The van der Waals surface area contributed by atoms with Crippen molar-refractivity contribution >= 4 is 35.4 Å². The number of aromatic nitrogens is 2. The average molecular weight is 412 g/mol. The van der Waals surface area contributed by atoms with Crippen LogP contribution in [-0.4, -0.2) is 49.8 Å². The van der Waals surface area contributed by atoms with Crippen LogP contribution < -0.4 is 0 Å². The Morgan fingerprint density at radius 1 is 1.22 bits per heavy atom. The zero-order valence-electron chi connectivity index (χ0n) is 15.7. The van der Waals surface area contributed by atoms with Gasteiger partial charge < -0.3 is 9.47 Å². The van der Waals surface area contributed by atoms with Crippen LogP contribution in [0.4, 0.5) is 0 Å². The number of carbonyl (C=O) groups excluding carboxylic acids is 2. The van der Waals surface area contributed by atoms with Crippen molar-refractivity contribution in [2.45, 2.75) is 75.3 Å². The van der Waals surface area contributed by atoms with Crippen LogP contribution in [0, 0.1) is 5.92 Å². The van der Waals surface area contributed by atoms with Gasteiger partial charge >= 0.3 is 17.8 Å². The average Bonchev–Trinajstić information content (AvgIpc) is 3.27. The summed E-state index contributed by atoms with van der Waals surface area (Å²) in [5, 5.41) is 1.04. The van der Waals surface area contributed by atoms with Crippen LogP contribution in [-0.2, 0) is 19.1 Å². The van der Waals surface area contributed by atoms with Crippen molar-refractivity contribution in [3.63, 3.8) is 0 Å².